The molecule has 6 aromatic heterocycles. The summed E-state index contributed by atoms with van der Waals surface area (Å²) in [4.78, 5) is 71.7. The van der Waals surface area contributed by atoms with Gasteiger partial charge in [0.1, 0.15) is 22.0 Å². The summed E-state index contributed by atoms with van der Waals surface area (Å²) in [6.07, 6.45) is 20.3. The Morgan fingerprint density at radius 1 is 0.758 bits per heavy atom. The Kier molecular flexibility index (Phi) is 15.4. The fourth-order valence-corrected chi connectivity index (χ4v) is 9.98. The molecular weight excluding hydrogens is 826 g/mol. The highest BCUT2D eigenvalue weighted by Gasteiger charge is 2.27. The van der Waals surface area contributed by atoms with Gasteiger partial charge in [-0.25, -0.2) is 19.3 Å². The number of aryl methyl sites for hydroxylation is 2. The number of aromatic nitrogens is 5. The molecule has 2 aliphatic heterocycles. The first-order valence-electron chi connectivity index (χ1n) is 21.6. The maximum absolute atomic E-state index is 13.0. The van der Waals surface area contributed by atoms with Gasteiger partial charge in [0, 0.05) is 70.3 Å². The number of piperidine rings is 2. The number of amides is 4. The quantitative estimate of drug-likeness (QED) is 0.104. The maximum atomic E-state index is 13.0. The molecule has 4 amide bonds. The number of unbranched alkanes of at least 4 members (excludes halogenated alkanes) is 2. The van der Waals surface area contributed by atoms with E-state index >= 15 is 0 Å². The Labute approximate surface area is 369 Å². The number of hydrogen-bond donors (Lipinski definition) is 2. The van der Waals surface area contributed by atoms with Crippen LogP contribution in [0.3, 0.4) is 0 Å². The van der Waals surface area contributed by atoms with E-state index < -0.39 is 5.82 Å². The van der Waals surface area contributed by atoms with Crippen LogP contribution in [0.1, 0.15) is 115 Å². The van der Waals surface area contributed by atoms with Gasteiger partial charge in [0.05, 0.1) is 32.0 Å². The molecule has 0 radical (unpaired) electrons. The Bertz CT molecular complexity index is 2420. The first kappa shape index (κ1) is 44.4. The lowest BCUT2D eigenvalue weighted by atomic mass is 9.91. The maximum Gasteiger partial charge on any atom is 0.272 e. The molecule has 0 bridgehead atoms. The summed E-state index contributed by atoms with van der Waals surface area (Å²) in [6, 6.07) is 10.2. The number of pyridine rings is 3. The highest BCUT2D eigenvalue weighted by molar-refractivity contribution is 7.20. The Hall–Kier alpha value is -5.61. The Morgan fingerprint density at radius 3 is 2.06 bits per heavy atom. The third-order valence-corrected chi connectivity index (χ3v) is 13.8. The van der Waals surface area contributed by atoms with Crippen LogP contribution in [0.5, 0.6) is 0 Å². The van der Waals surface area contributed by atoms with E-state index in [4.69, 9.17) is 0 Å². The van der Waals surface area contributed by atoms with Crippen molar-refractivity contribution < 1.29 is 23.6 Å². The summed E-state index contributed by atoms with van der Waals surface area (Å²) in [6.45, 7) is 8.28. The number of thiophene rings is 1. The minimum atomic E-state index is -0.437. The number of nitrogens with zero attached hydrogens (tertiary/aromatic N) is 7. The molecule has 0 atom stereocenters. The van der Waals surface area contributed by atoms with Crippen molar-refractivity contribution in [2.75, 3.05) is 39.3 Å². The summed E-state index contributed by atoms with van der Waals surface area (Å²) in [5.74, 6) is 0.756. The van der Waals surface area contributed by atoms with Gasteiger partial charge in [-0.05, 0) is 106 Å². The number of carbonyl (C=O) groups is 4. The van der Waals surface area contributed by atoms with Crippen LogP contribution in [0, 0.1) is 31.5 Å². The van der Waals surface area contributed by atoms with Gasteiger partial charge < -0.3 is 24.8 Å². The van der Waals surface area contributed by atoms with Crippen molar-refractivity contribution >= 4 is 62.0 Å². The average Bonchev–Trinajstić information content (AvgIpc) is 4.04. The molecule has 6 aromatic rings. The Balaban J connectivity index is 0.000000186. The topological polar surface area (TPSA) is 155 Å². The van der Waals surface area contributed by atoms with Crippen LogP contribution >= 0.6 is 22.7 Å². The summed E-state index contributed by atoms with van der Waals surface area (Å²) in [5, 5.41) is 8.01. The lowest BCUT2D eigenvalue weighted by molar-refractivity contribution is 0.0675. The van der Waals surface area contributed by atoms with Gasteiger partial charge in [-0.1, -0.05) is 25.7 Å². The predicted octanol–water partition coefficient (Wildman–Crippen LogP) is 8.14. The summed E-state index contributed by atoms with van der Waals surface area (Å²) in [7, 11) is 0. The van der Waals surface area contributed by atoms with Gasteiger partial charge in [-0.15, -0.1) is 22.7 Å². The Morgan fingerprint density at radius 2 is 1.44 bits per heavy atom. The minimum absolute atomic E-state index is 0.0255. The highest BCUT2D eigenvalue weighted by Crippen LogP contribution is 2.27. The zero-order valence-corrected chi connectivity index (χ0v) is 37.0. The first-order chi connectivity index (χ1) is 30.1. The largest absolute Gasteiger partial charge is 0.352 e. The molecule has 8 rings (SSSR count). The SMILES string of the molecule is Cc1nc(C)c(C(=O)N2CCC(CCCCNC(=O)c3ccc4nccn4c3)CC2)s1.O=C(NCCCCC1CCN(C(=O)c2ccc(F)cn2)CC1)c1cc2ccncc2s1. The second-order valence-electron chi connectivity index (χ2n) is 16.1. The number of nitrogens with one attached hydrogen (secondary N) is 2. The van der Waals surface area contributed by atoms with Crippen LogP contribution < -0.4 is 10.6 Å². The lowest BCUT2D eigenvalue weighted by Gasteiger charge is -2.32. The third-order valence-electron chi connectivity index (χ3n) is 11.7. The van der Waals surface area contributed by atoms with E-state index in [1.54, 1.807) is 23.5 Å². The first-order valence-corrected chi connectivity index (χ1v) is 23.2. The van der Waals surface area contributed by atoms with E-state index in [2.05, 4.69) is 30.6 Å². The molecule has 2 fully saturated rings. The minimum Gasteiger partial charge on any atom is -0.352 e. The van der Waals surface area contributed by atoms with E-state index in [0.717, 1.165) is 120 Å². The van der Waals surface area contributed by atoms with E-state index in [0.29, 0.717) is 49.3 Å². The zero-order valence-electron chi connectivity index (χ0n) is 35.4. The van der Waals surface area contributed by atoms with Crippen LogP contribution in [0.2, 0.25) is 0 Å². The molecule has 0 aromatic carbocycles. The van der Waals surface area contributed by atoms with Crippen LogP contribution in [-0.2, 0) is 0 Å². The van der Waals surface area contributed by atoms with E-state index in [1.165, 1.54) is 34.8 Å². The molecule has 0 unspecified atom stereocenters. The molecule has 13 nitrogen and oxygen atoms in total. The van der Waals surface area contributed by atoms with E-state index in [-0.39, 0.29) is 23.6 Å². The average molecular weight is 880 g/mol. The van der Waals surface area contributed by atoms with Gasteiger partial charge in [0.15, 0.2) is 0 Å². The molecule has 0 saturated carbocycles. The van der Waals surface area contributed by atoms with Crippen molar-refractivity contribution in [1.29, 1.82) is 0 Å². The normalized spacial score (nSPS) is 14.8. The fourth-order valence-electron chi connectivity index (χ4n) is 8.15. The standard InChI is InChI=1S/C23H25FN4O2S.C23H29N5O2S/c24-18-4-5-19(27-14-18)23(30)28-11-7-16(8-12-28)3-1-2-9-26-22(29)20-13-17-6-10-25-15-21(17)31-20;1-16-21(31-17(2)26-16)23(30)27-12-8-18(9-13-27)5-3-4-10-25-22(29)19-6-7-20-24-11-14-28(20)15-19/h4-6,10,13-16H,1-3,7-9,11-12H2,(H,26,29);6-7,11,14-15,18H,3-5,8-10,12-13H2,1-2H3,(H,25,29). The summed E-state index contributed by atoms with van der Waals surface area (Å²) < 4.78 is 15.9. The van der Waals surface area contributed by atoms with Crippen molar-refractivity contribution in [3.8, 4) is 0 Å². The van der Waals surface area contributed by atoms with E-state index in [1.807, 2.05) is 59.8 Å². The van der Waals surface area contributed by atoms with Crippen LogP contribution in [0.15, 0.2) is 73.6 Å². The lowest BCUT2D eigenvalue weighted by Crippen LogP contribution is -2.38. The number of halogens is 1. The monoisotopic (exact) mass is 879 g/mol. The van der Waals surface area contributed by atoms with Crippen molar-refractivity contribution in [3.05, 3.63) is 111 Å². The third kappa shape index (κ3) is 11.8. The highest BCUT2D eigenvalue weighted by atomic mass is 32.1. The zero-order chi connectivity index (χ0) is 43.4. The van der Waals surface area contributed by atoms with Crippen LogP contribution in [0.4, 0.5) is 4.39 Å². The van der Waals surface area contributed by atoms with E-state index in [9.17, 15) is 23.6 Å². The number of rotatable bonds is 14. The van der Waals surface area contributed by atoms with Gasteiger partial charge in [-0.3, -0.25) is 24.2 Å². The molecule has 326 valence electrons. The van der Waals surface area contributed by atoms with Crippen molar-refractivity contribution in [2.45, 2.75) is 78.1 Å². The molecular formula is C46H54FN9O4S2. The second kappa shape index (κ2) is 21.5. The molecule has 0 aliphatic carbocycles. The number of thiazole rings is 1. The second-order valence-corrected chi connectivity index (χ2v) is 18.4. The van der Waals surface area contributed by atoms with Gasteiger partial charge in [0.2, 0.25) is 0 Å². The molecule has 2 aliphatic rings. The van der Waals surface area contributed by atoms with Crippen LogP contribution in [-0.4, -0.2) is 97.0 Å². The summed E-state index contributed by atoms with van der Waals surface area (Å²) in [5.41, 5.74) is 2.63. The number of fused-ring (bicyclic) bond motifs is 2. The molecule has 0 spiro atoms. The fraction of sp³-hybridized carbons (Fsp3) is 0.435. The molecule has 16 heteroatoms. The number of hydrogen-bond acceptors (Lipinski definition) is 10. The molecule has 62 heavy (non-hydrogen) atoms. The molecule has 2 saturated heterocycles. The smallest absolute Gasteiger partial charge is 0.272 e. The van der Waals surface area contributed by atoms with Crippen molar-refractivity contribution in [1.82, 2.24) is 44.8 Å². The van der Waals surface area contributed by atoms with Crippen LogP contribution in [0.25, 0.3) is 15.7 Å². The number of carbonyl (C=O) groups excluding carboxylic acids is 4. The number of imidazole rings is 1. The predicted molar refractivity (Wildman–Crippen MR) is 240 cm³/mol. The summed E-state index contributed by atoms with van der Waals surface area (Å²) >= 11 is 2.96. The van der Waals surface area contributed by atoms with Gasteiger partial charge in [0.25, 0.3) is 23.6 Å². The van der Waals surface area contributed by atoms with Crippen molar-refractivity contribution in [3.63, 3.8) is 0 Å². The molecule has 8 heterocycles. The number of likely N-dealkylation sites (tertiary alicyclic amines) is 2. The van der Waals surface area contributed by atoms with Gasteiger partial charge in [-0.2, -0.15) is 0 Å². The molecule has 2 N–H and O–H groups in total. The van der Waals surface area contributed by atoms with Crippen molar-refractivity contribution in [2.24, 2.45) is 11.8 Å². The van der Waals surface area contributed by atoms with Gasteiger partial charge >= 0.3 is 0 Å².